The van der Waals surface area contributed by atoms with Crippen molar-refractivity contribution in [2.75, 3.05) is 34.6 Å². The Bertz CT molecular complexity index is 912. The minimum Gasteiger partial charge on any atom is -0.497 e. The van der Waals surface area contributed by atoms with E-state index in [4.69, 9.17) is 18.9 Å². The minimum absolute atomic E-state index is 0.0854. The normalized spacial score (nSPS) is 12.3. The molecule has 7 heteroatoms. The zero-order valence-corrected chi connectivity index (χ0v) is 21.7. The number of hydrogen-bond donors (Lipinski definition) is 0. The van der Waals surface area contributed by atoms with Crippen molar-refractivity contribution in [3.63, 3.8) is 0 Å². The van der Waals surface area contributed by atoms with Crippen LogP contribution in [0.2, 0.25) is 0 Å². The fourth-order valence-electron chi connectivity index (χ4n) is 3.92. The van der Waals surface area contributed by atoms with Gasteiger partial charge in [-0.15, -0.1) is 0 Å². The van der Waals surface area contributed by atoms with Gasteiger partial charge in [-0.1, -0.05) is 27.7 Å². The van der Waals surface area contributed by atoms with E-state index in [2.05, 4.69) is 27.7 Å². The molecule has 2 aromatic rings. The Balaban J connectivity index is 2.52. The van der Waals surface area contributed by atoms with Crippen LogP contribution in [0.4, 0.5) is 0 Å². The van der Waals surface area contributed by atoms with E-state index in [0.717, 1.165) is 6.42 Å². The van der Waals surface area contributed by atoms with Crippen molar-refractivity contribution >= 4 is 19.0 Å². The van der Waals surface area contributed by atoms with Gasteiger partial charge in [0.15, 0.2) is 11.0 Å². The highest BCUT2D eigenvalue weighted by atomic mass is 31.1. The second kappa shape index (κ2) is 11.5. The number of hydrogen-bond acceptors (Lipinski definition) is 6. The molecule has 2 aromatic carbocycles. The molecule has 0 aliphatic carbocycles. The van der Waals surface area contributed by atoms with Gasteiger partial charge in [-0.05, 0) is 48.2 Å². The van der Waals surface area contributed by atoms with Crippen LogP contribution in [0.5, 0.6) is 23.0 Å². The van der Waals surface area contributed by atoms with Gasteiger partial charge in [0, 0.05) is 20.1 Å². The summed E-state index contributed by atoms with van der Waals surface area (Å²) in [5.41, 5.74) is 0.421. The van der Waals surface area contributed by atoms with Gasteiger partial charge < -0.3 is 18.9 Å². The van der Waals surface area contributed by atoms with Crippen molar-refractivity contribution in [2.24, 2.45) is 11.3 Å². The van der Waals surface area contributed by atoms with E-state index in [1.807, 2.05) is 0 Å². The number of carbonyl (C=O) groups excluding carboxylic acids is 2. The first-order chi connectivity index (χ1) is 15.5. The van der Waals surface area contributed by atoms with Gasteiger partial charge in [0.2, 0.25) is 0 Å². The lowest BCUT2D eigenvalue weighted by molar-refractivity contribution is 0.104. The summed E-state index contributed by atoms with van der Waals surface area (Å²) in [5.74, 6) is 2.13. The van der Waals surface area contributed by atoms with E-state index < -0.39 is 7.92 Å². The van der Waals surface area contributed by atoms with E-state index in [1.165, 1.54) is 14.2 Å². The molecular weight excluding hydrogens is 439 g/mol. The monoisotopic (exact) mass is 474 g/mol. The molecule has 0 bridgehead atoms. The van der Waals surface area contributed by atoms with Crippen LogP contribution in [0.3, 0.4) is 0 Å². The van der Waals surface area contributed by atoms with Crippen LogP contribution < -0.4 is 18.9 Å². The van der Waals surface area contributed by atoms with Crippen molar-refractivity contribution in [3.05, 3.63) is 47.5 Å². The van der Waals surface area contributed by atoms with Gasteiger partial charge in [0.05, 0.1) is 39.6 Å². The predicted molar refractivity (Wildman–Crippen MR) is 133 cm³/mol. The molecule has 33 heavy (non-hydrogen) atoms. The molecule has 1 atom stereocenters. The molecule has 0 spiro atoms. The Hall–Kier alpha value is -2.59. The maximum absolute atomic E-state index is 13.8. The average molecular weight is 475 g/mol. The molecule has 2 rings (SSSR count). The Morgan fingerprint density at radius 3 is 1.55 bits per heavy atom. The molecule has 0 N–H and O–H groups in total. The highest BCUT2D eigenvalue weighted by Crippen LogP contribution is 2.49. The van der Waals surface area contributed by atoms with Crippen molar-refractivity contribution in [3.8, 4) is 23.0 Å². The predicted octanol–water partition coefficient (Wildman–Crippen LogP) is 6.26. The lowest BCUT2D eigenvalue weighted by Gasteiger charge is -2.26. The van der Waals surface area contributed by atoms with E-state index >= 15 is 0 Å². The van der Waals surface area contributed by atoms with Crippen LogP contribution in [-0.4, -0.2) is 45.6 Å². The van der Waals surface area contributed by atoms with Crippen LogP contribution in [0.25, 0.3) is 0 Å². The number of methoxy groups -OCH3 is 4. The standard InChI is InChI=1S/C26H35O6P/c1-17(15-26(2,3)4)16-33(24(27)20-11-9-18(29-5)13-22(20)31-7)25(28)21-12-10-19(30-6)14-23(21)32-8/h9-14,17H,15-16H2,1-8H3. The number of rotatable bonds is 11. The number of benzene rings is 2. The maximum Gasteiger partial charge on any atom is 0.195 e. The first kappa shape index (κ1) is 26.7. The van der Waals surface area contributed by atoms with Gasteiger partial charge in [0.25, 0.3) is 0 Å². The van der Waals surface area contributed by atoms with Crippen molar-refractivity contribution < 1.29 is 28.5 Å². The second-order valence-corrected chi connectivity index (χ2v) is 11.3. The molecule has 180 valence electrons. The molecule has 0 fully saturated rings. The Labute approximate surface area is 198 Å². The van der Waals surface area contributed by atoms with Gasteiger partial charge in [-0.2, -0.15) is 0 Å². The van der Waals surface area contributed by atoms with Gasteiger partial charge >= 0.3 is 0 Å². The molecule has 1 unspecified atom stereocenters. The highest BCUT2D eigenvalue weighted by Gasteiger charge is 2.34. The molecule has 0 aliphatic rings. The third kappa shape index (κ3) is 6.94. The molecule has 0 saturated heterocycles. The first-order valence-electron chi connectivity index (χ1n) is 10.8. The molecule has 0 aliphatic heterocycles. The molecular formula is C26H35O6P. The SMILES string of the molecule is COc1ccc(C(=O)P(CC(C)CC(C)(C)C)C(=O)c2ccc(OC)cc2OC)c(OC)c1. The molecule has 0 amide bonds. The Morgan fingerprint density at radius 1 is 0.788 bits per heavy atom. The summed E-state index contributed by atoms with van der Waals surface area (Å²) >= 11 is 0. The van der Waals surface area contributed by atoms with Crippen LogP contribution in [0.1, 0.15) is 54.8 Å². The minimum atomic E-state index is -1.72. The smallest absolute Gasteiger partial charge is 0.195 e. The third-order valence-corrected chi connectivity index (χ3v) is 7.67. The molecule has 0 heterocycles. The van der Waals surface area contributed by atoms with Crippen molar-refractivity contribution in [1.82, 2.24) is 0 Å². The zero-order chi connectivity index (χ0) is 24.8. The van der Waals surface area contributed by atoms with E-state index in [1.54, 1.807) is 50.6 Å². The zero-order valence-electron chi connectivity index (χ0n) is 20.9. The van der Waals surface area contributed by atoms with Crippen LogP contribution >= 0.6 is 7.92 Å². The molecule has 6 nitrogen and oxygen atoms in total. The summed E-state index contributed by atoms with van der Waals surface area (Å²) in [4.78, 5) is 27.6. The maximum atomic E-state index is 13.8. The van der Waals surface area contributed by atoms with Crippen LogP contribution in [0, 0.1) is 11.3 Å². The summed E-state index contributed by atoms with van der Waals surface area (Å²) in [6.45, 7) is 8.58. The van der Waals surface area contributed by atoms with E-state index in [-0.39, 0.29) is 22.4 Å². The fourth-order valence-corrected chi connectivity index (χ4v) is 6.14. The van der Waals surface area contributed by atoms with Crippen molar-refractivity contribution in [2.45, 2.75) is 34.1 Å². The van der Waals surface area contributed by atoms with Crippen LogP contribution in [0.15, 0.2) is 36.4 Å². The largest absolute Gasteiger partial charge is 0.497 e. The molecule has 0 aromatic heterocycles. The summed E-state index contributed by atoms with van der Waals surface area (Å²) in [7, 11) is 4.39. The summed E-state index contributed by atoms with van der Waals surface area (Å²) in [6, 6.07) is 10.1. The second-order valence-electron chi connectivity index (χ2n) is 9.22. The first-order valence-corrected chi connectivity index (χ1v) is 12.4. The average Bonchev–Trinajstić information content (AvgIpc) is 2.79. The summed E-state index contributed by atoms with van der Waals surface area (Å²) in [6.07, 6.45) is 1.38. The van der Waals surface area contributed by atoms with Gasteiger partial charge in [-0.3, -0.25) is 9.59 Å². The fraction of sp³-hybridized carbons (Fsp3) is 0.462. The summed E-state index contributed by atoms with van der Waals surface area (Å²) in [5, 5.41) is 0. The molecule has 0 saturated carbocycles. The summed E-state index contributed by atoms with van der Waals surface area (Å²) < 4.78 is 21.4. The van der Waals surface area contributed by atoms with Gasteiger partial charge in [0.1, 0.15) is 23.0 Å². The number of ether oxygens (including phenoxy) is 4. The lowest BCUT2D eigenvalue weighted by Crippen LogP contribution is -2.18. The third-order valence-electron chi connectivity index (χ3n) is 5.22. The lowest BCUT2D eigenvalue weighted by atomic mass is 9.86. The van der Waals surface area contributed by atoms with E-state index in [9.17, 15) is 9.59 Å². The van der Waals surface area contributed by atoms with Crippen LogP contribution in [-0.2, 0) is 0 Å². The topological polar surface area (TPSA) is 71.1 Å². The quantitative estimate of drug-likeness (QED) is 0.358. The van der Waals surface area contributed by atoms with E-state index in [0.29, 0.717) is 40.3 Å². The Kier molecular flexibility index (Phi) is 9.30. The number of carbonyl (C=O) groups is 2. The highest BCUT2D eigenvalue weighted by molar-refractivity contribution is 7.90. The van der Waals surface area contributed by atoms with Crippen molar-refractivity contribution in [1.29, 1.82) is 0 Å². The Morgan fingerprint density at radius 2 is 1.21 bits per heavy atom. The molecule has 0 radical (unpaired) electrons. The van der Waals surface area contributed by atoms with Gasteiger partial charge in [-0.25, -0.2) is 0 Å².